The summed E-state index contributed by atoms with van der Waals surface area (Å²) in [6.45, 7) is 0. The lowest BCUT2D eigenvalue weighted by Gasteiger charge is -2.28. The molecule has 0 N–H and O–H groups in total. The molecule has 0 bridgehead atoms. The Hall–Kier alpha value is -17.8. The van der Waals surface area contributed by atoms with Crippen LogP contribution in [0.1, 0.15) is 0 Å². The molecule has 0 aliphatic rings. The SMILES string of the molecule is c1cc(-c2ccc(N(c3ccc(-c4ccc5c(c4)oc4ccccc45)cc3)c3cccc(-c4cccc5ccccc45)c3)cc2)cc(-c2ccc(-n3c4ccccc4c4ccccc43)cc2)c1.c1cc(-c2ccc(N(c3ccc(-c4ccc5c(c4)oc4ccccc45)cc3)c3ccccc3-c3cccc4ccccc34)cc2)cc(-c2ccc(-n3c4ccccc4c4ccccc43)cc2)c1. The summed E-state index contributed by atoms with van der Waals surface area (Å²) < 4.78 is 17.3. The van der Waals surface area contributed by atoms with Crippen LogP contribution in [-0.2, 0) is 0 Å². The van der Waals surface area contributed by atoms with E-state index in [1.807, 2.05) is 24.3 Å². The lowest BCUT2D eigenvalue weighted by Crippen LogP contribution is -2.11. The number of fused-ring (bicyclic) bond motifs is 14. The average molecular weight is 1710 g/mol. The van der Waals surface area contributed by atoms with Crippen LogP contribution in [0.15, 0.2) is 518 Å². The lowest BCUT2D eigenvalue weighted by molar-refractivity contribution is 0.668. The summed E-state index contributed by atoms with van der Waals surface area (Å²) >= 11 is 0. The number of rotatable bonds is 16. The number of furan rings is 2. The molecule has 628 valence electrons. The van der Waals surface area contributed by atoms with E-state index in [2.05, 4.69) is 504 Å². The van der Waals surface area contributed by atoms with Crippen molar-refractivity contribution in [3.63, 3.8) is 0 Å². The number of hydrogen-bond acceptors (Lipinski definition) is 4. The standard InChI is InChI=1S/2C64H42N2O/c1-2-17-53-46(13-1)14-12-22-54(53)55-18-3-7-23-60(55)65(51-36-29-45(30-37-51)49-33-40-59-58-21-6-10-26-63(58)67-64(59)42-49)50-34-27-43(28-35-50)47-15-11-16-48(41-47)44-31-38-52(39-32-44)66-61-24-8-4-19-56(61)57-20-5-9-25-62(57)66;1-2-18-55-46(12-1)13-11-22-56(55)50-16-10-17-54(41-50)65(52-35-28-45(29-36-52)49-32-39-60-59-21-5-8-25-63(59)67-64(60)42-49)51-33-26-43(27-34-51)47-14-9-15-48(40-47)44-30-37-53(38-31-44)66-61-23-6-3-19-57(61)58-20-4-7-24-62(58)66/h2*1-42H. The highest BCUT2D eigenvalue weighted by Crippen LogP contribution is 2.48. The molecule has 0 unspecified atom stereocenters. The number of nitrogens with zero attached hydrogens (tertiary/aromatic N) is 4. The van der Waals surface area contributed by atoms with Gasteiger partial charge in [-0.15, -0.1) is 0 Å². The third-order valence-electron chi connectivity index (χ3n) is 26.8. The summed E-state index contributed by atoms with van der Waals surface area (Å²) in [4.78, 5) is 4.75. The molecule has 0 saturated carbocycles. The zero-order chi connectivity index (χ0) is 88.5. The van der Waals surface area contributed by atoms with Crippen molar-refractivity contribution in [2.75, 3.05) is 9.80 Å². The molecule has 6 heteroatoms. The van der Waals surface area contributed by atoms with Crippen LogP contribution in [0, 0.1) is 0 Å². The molecule has 6 nitrogen and oxygen atoms in total. The molecule has 0 saturated heterocycles. The summed E-state index contributed by atoms with van der Waals surface area (Å²) in [6.07, 6.45) is 0. The fraction of sp³-hybridized carbons (Fsp3) is 0. The van der Waals surface area contributed by atoms with Crippen molar-refractivity contribution >= 4 is 143 Å². The zero-order valence-electron chi connectivity index (χ0n) is 73.1. The van der Waals surface area contributed by atoms with Crippen molar-refractivity contribution in [1.29, 1.82) is 0 Å². The monoisotopic (exact) mass is 1710 g/mol. The van der Waals surface area contributed by atoms with Crippen LogP contribution in [0.25, 0.3) is 209 Å². The highest BCUT2D eigenvalue weighted by molar-refractivity contribution is 6.12. The van der Waals surface area contributed by atoms with Gasteiger partial charge in [-0.05, 0) is 269 Å². The molecule has 134 heavy (non-hydrogen) atoms. The van der Waals surface area contributed by atoms with Gasteiger partial charge in [0.25, 0.3) is 0 Å². The topological polar surface area (TPSA) is 42.6 Å². The summed E-state index contributed by atoms with van der Waals surface area (Å²) in [5.74, 6) is 0. The van der Waals surface area contributed by atoms with Gasteiger partial charge in [-0.2, -0.15) is 0 Å². The van der Waals surface area contributed by atoms with Crippen LogP contribution in [0.4, 0.5) is 34.1 Å². The first-order valence-electron chi connectivity index (χ1n) is 45.8. The normalized spacial score (nSPS) is 11.6. The summed E-state index contributed by atoms with van der Waals surface area (Å²) in [5.41, 5.74) is 35.9. The Morgan fingerprint density at radius 3 is 0.858 bits per heavy atom. The Morgan fingerprint density at radius 2 is 0.433 bits per heavy atom. The van der Waals surface area contributed by atoms with E-state index in [9.17, 15) is 0 Å². The molecule has 0 spiro atoms. The molecule has 0 atom stereocenters. The van der Waals surface area contributed by atoms with Gasteiger partial charge >= 0.3 is 0 Å². The van der Waals surface area contributed by atoms with E-state index in [1.165, 1.54) is 121 Å². The first-order valence-corrected chi connectivity index (χ1v) is 45.8. The van der Waals surface area contributed by atoms with E-state index < -0.39 is 0 Å². The quantitative estimate of drug-likeness (QED) is 0.0967. The van der Waals surface area contributed by atoms with Crippen LogP contribution in [0.5, 0.6) is 0 Å². The van der Waals surface area contributed by atoms with Crippen molar-refractivity contribution in [3.8, 4) is 100 Å². The molecule has 4 heterocycles. The average Bonchev–Trinajstić information content (AvgIpc) is 1.59. The third-order valence-corrected chi connectivity index (χ3v) is 26.8. The fourth-order valence-electron chi connectivity index (χ4n) is 20.3. The van der Waals surface area contributed by atoms with Crippen molar-refractivity contribution in [2.45, 2.75) is 0 Å². The number of anilines is 6. The number of hydrogen-bond donors (Lipinski definition) is 0. The van der Waals surface area contributed by atoms with E-state index >= 15 is 0 Å². The number of para-hydroxylation sites is 7. The predicted octanol–water partition coefficient (Wildman–Crippen LogP) is 35.9. The summed E-state index contributed by atoms with van der Waals surface area (Å²) in [5, 5.41) is 14.5. The first kappa shape index (κ1) is 78.4. The molecular weight excluding hydrogens is 1630 g/mol. The molecule has 0 aliphatic heterocycles. The minimum Gasteiger partial charge on any atom is -0.456 e. The molecule has 26 aromatic rings. The lowest BCUT2D eigenvalue weighted by atomic mass is 9.95. The second-order valence-electron chi connectivity index (χ2n) is 34.6. The van der Waals surface area contributed by atoms with Gasteiger partial charge in [0, 0.05) is 88.5 Å². The number of aromatic nitrogens is 2. The molecule has 0 fully saturated rings. The van der Waals surface area contributed by atoms with Gasteiger partial charge in [0.05, 0.1) is 27.8 Å². The van der Waals surface area contributed by atoms with Gasteiger partial charge < -0.3 is 27.8 Å². The van der Waals surface area contributed by atoms with E-state index in [0.717, 1.165) is 123 Å². The van der Waals surface area contributed by atoms with E-state index in [-0.39, 0.29) is 0 Å². The molecule has 0 aliphatic carbocycles. The van der Waals surface area contributed by atoms with Gasteiger partial charge in [0.1, 0.15) is 22.3 Å². The van der Waals surface area contributed by atoms with E-state index in [1.54, 1.807) is 0 Å². The zero-order valence-corrected chi connectivity index (χ0v) is 73.1. The van der Waals surface area contributed by atoms with Crippen LogP contribution in [0.2, 0.25) is 0 Å². The highest BCUT2D eigenvalue weighted by atomic mass is 16.3. The third kappa shape index (κ3) is 14.2. The molecule has 4 aromatic heterocycles. The van der Waals surface area contributed by atoms with Crippen molar-refractivity contribution in [3.05, 3.63) is 510 Å². The molecule has 0 radical (unpaired) electrons. The summed E-state index contributed by atoms with van der Waals surface area (Å²) in [7, 11) is 0. The second kappa shape index (κ2) is 33.3. The Labute approximate surface area is 775 Å². The van der Waals surface area contributed by atoms with Crippen LogP contribution >= 0.6 is 0 Å². The molecular formula is C128H84N4O2. The van der Waals surface area contributed by atoms with Crippen LogP contribution < -0.4 is 9.80 Å². The van der Waals surface area contributed by atoms with Crippen molar-refractivity contribution in [2.24, 2.45) is 0 Å². The maximum absolute atomic E-state index is 6.28. The first-order chi connectivity index (χ1) is 66.4. The Bertz CT molecular complexity index is 8870. The molecule has 0 amide bonds. The maximum Gasteiger partial charge on any atom is 0.136 e. The van der Waals surface area contributed by atoms with E-state index in [4.69, 9.17) is 8.83 Å². The Balaban J connectivity index is 0.000000143. The Kier molecular flexibility index (Phi) is 19.5. The van der Waals surface area contributed by atoms with Crippen LogP contribution in [0.3, 0.4) is 0 Å². The van der Waals surface area contributed by atoms with Gasteiger partial charge in [-0.25, -0.2) is 0 Å². The fourth-order valence-corrected chi connectivity index (χ4v) is 20.3. The van der Waals surface area contributed by atoms with Gasteiger partial charge in [0.2, 0.25) is 0 Å². The molecule has 22 aromatic carbocycles. The molecule has 26 rings (SSSR count). The second-order valence-corrected chi connectivity index (χ2v) is 34.6. The van der Waals surface area contributed by atoms with Gasteiger partial charge in [-0.3, -0.25) is 0 Å². The minimum absolute atomic E-state index is 0.896. The van der Waals surface area contributed by atoms with Gasteiger partial charge in [0.15, 0.2) is 0 Å². The summed E-state index contributed by atoms with van der Waals surface area (Å²) in [6, 6.07) is 184. The minimum atomic E-state index is 0.896. The smallest absolute Gasteiger partial charge is 0.136 e. The van der Waals surface area contributed by atoms with E-state index in [0.29, 0.717) is 0 Å². The van der Waals surface area contributed by atoms with Crippen molar-refractivity contribution in [1.82, 2.24) is 9.13 Å². The van der Waals surface area contributed by atoms with Crippen LogP contribution in [-0.4, -0.2) is 9.13 Å². The number of benzene rings is 22. The maximum atomic E-state index is 6.28. The highest BCUT2D eigenvalue weighted by Gasteiger charge is 2.23. The predicted molar refractivity (Wildman–Crippen MR) is 564 cm³/mol. The largest absolute Gasteiger partial charge is 0.456 e. The van der Waals surface area contributed by atoms with Crippen molar-refractivity contribution < 1.29 is 8.83 Å². The van der Waals surface area contributed by atoms with Gasteiger partial charge in [-0.1, -0.05) is 346 Å². The Morgan fingerprint density at radius 1 is 0.149 bits per heavy atom.